The lowest BCUT2D eigenvalue weighted by Gasteiger charge is -2.20. The number of primary amides is 1. The quantitative estimate of drug-likeness (QED) is 0.743. The summed E-state index contributed by atoms with van der Waals surface area (Å²) in [7, 11) is 0. The molecule has 0 radical (unpaired) electrons. The number of carbonyl (C=O) groups is 1. The first-order chi connectivity index (χ1) is 13.2. The maximum Gasteiger partial charge on any atom is 0.416 e. The van der Waals surface area contributed by atoms with Gasteiger partial charge in [0.15, 0.2) is 0 Å². The number of nitrogens with two attached hydrogens (primary N) is 1. The highest BCUT2D eigenvalue weighted by molar-refractivity contribution is 5.91. The topological polar surface area (TPSA) is 78.0 Å². The lowest BCUT2D eigenvalue weighted by molar-refractivity contribution is -0.137. The summed E-state index contributed by atoms with van der Waals surface area (Å²) in [5, 5.41) is 0. The fourth-order valence-corrected chi connectivity index (χ4v) is 2.88. The van der Waals surface area contributed by atoms with Crippen LogP contribution in [-0.2, 0) is 6.18 Å². The van der Waals surface area contributed by atoms with E-state index in [0.29, 0.717) is 11.1 Å². The van der Waals surface area contributed by atoms with Gasteiger partial charge in [-0.2, -0.15) is 13.2 Å². The second-order valence-electron chi connectivity index (χ2n) is 6.20. The molecule has 3 rings (SSSR count). The number of hydrogen-bond donors (Lipinski definition) is 1. The molecule has 1 atom stereocenters. The Balaban J connectivity index is 2.15. The Hall–Kier alpha value is -3.42. The molecule has 144 valence electrons. The molecule has 2 N–H and O–H groups in total. The molecule has 0 unspecified atom stereocenters. The predicted octanol–water partition coefficient (Wildman–Crippen LogP) is 3.64. The summed E-state index contributed by atoms with van der Waals surface area (Å²) < 4.78 is 39.7. The molecular formula is C20H16F3N3O2. The Morgan fingerprint density at radius 1 is 1.07 bits per heavy atom. The number of carbonyl (C=O) groups excluding carboxylic acids is 1. The Bertz CT molecular complexity index is 1060. The van der Waals surface area contributed by atoms with E-state index in [1.165, 1.54) is 16.7 Å². The van der Waals surface area contributed by atoms with E-state index in [-0.39, 0.29) is 11.5 Å². The van der Waals surface area contributed by atoms with Crippen molar-refractivity contribution in [3.8, 4) is 11.4 Å². The van der Waals surface area contributed by atoms with Gasteiger partial charge in [0, 0.05) is 11.6 Å². The van der Waals surface area contributed by atoms with E-state index < -0.39 is 29.2 Å². The molecule has 0 aliphatic carbocycles. The van der Waals surface area contributed by atoms with Gasteiger partial charge in [-0.25, -0.2) is 4.98 Å². The van der Waals surface area contributed by atoms with Crippen LogP contribution in [0.5, 0.6) is 0 Å². The lowest BCUT2D eigenvalue weighted by atomic mass is 10.0. The van der Waals surface area contributed by atoms with Gasteiger partial charge in [0.05, 0.1) is 11.6 Å². The van der Waals surface area contributed by atoms with Crippen molar-refractivity contribution in [2.24, 2.45) is 5.73 Å². The number of aromatic nitrogens is 2. The summed E-state index contributed by atoms with van der Waals surface area (Å²) in [5.41, 5.74) is 4.84. The number of amides is 1. The van der Waals surface area contributed by atoms with Gasteiger partial charge in [-0.05, 0) is 24.6 Å². The largest absolute Gasteiger partial charge is 0.416 e. The molecule has 0 aliphatic heterocycles. The van der Waals surface area contributed by atoms with Gasteiger partial charge in [0.2, 0.25) is 0 Å². The average Bonchev–Trinajstić information content (AvgIpc) is 2.67. The van der Waals surface area contributed by atoms with Gasteiger partial charge in [-0.1, -0.05) is 42.5 Å². The van der Waals surface area contributed by atoms with Crippen LogP contribution in [0.4, 0.5) is 13.2 Å². The Kier molecular flexibility index (Phi) is 5.04. The van der Waals surface area contributed by atoms with Crippen molar-refractivity contribution in [1.82, 2.24) is 9.55 Å². The van der Waals surface area contributed by atoms with Gasteiger partial charge in [-0.3, -0.25) is 14.2 Å². The molecule has 0 saturated carbocycles. The Morgan fingerprint density at radius 2 is 1.68 bits per heavy atom. The number of nitrogens with zero attached hydrogens (tertiary/aromatic N) is 2. The van der Waals surface area contributed by atoms with E-state index in [2.05, 4.69) is 4.98 Å². The van der Waals surface area contributed by atoms with E-state index >= 15 is 0 Å². The zero-order valence-corrected chi connectivity index (χ0v) is 14.8. The Labute approximate surface area is 158 Å². The van der Waals surface area contributed by atoms with Crippen molar-refractivity contribution >= 4 is 5.91 Å². The normalized spacial score (nSPS) is 12.6. The third-order valence-electron chi connectivity index (χ3n) is 4.34. The molecule has 8 heteroatoms. The highest BCUT2D eigenvalue weighted by atomic mass is 19.4. The van der Waals surface area contributed by atoms with Crippen LogP contribution in [0, 0.1) is 0 Å². The van der Waals surface area contributed by atoms with Crippen molar-refractivity contribution in [3.63, 3.8) is 0 Å². The van der Waals surface area contributed by atoms with E-state index in [9.17, 15) is 22.8 Å². The first-order valence-corrected chi connectivity index (χ1v) is 8.34. The first kappa shape index (κ1) is 19.3. The third kappa shape index (κ3) is 3.80. The molecule has 1 aromatic heterocycles. The molecule has 0 aliphatic rings. The zero-order valence-electron chi connectivity index (χ0n) is 14.8. The standard InChI is InChI=1S/C20H16F3N3O2/c1-12(13-7-9-15(10-8-13)20(21,22)23)26-17(27)11-16(18(24)28)25-19(26)14-5-3-2-4-6-14/h2-12H,1H3,(H2,24,28)/t12-/m1/s1. The molecule has 0 fully saturated rings. The van der Waals surface area contributed by atoms with Crippen molar-refractivity contribution in [2.75, 3.05) is 0 Å². The highest BCUT2D eigenvalue weighted by Gasteiger charge is 2.30. The highest BCUT2D eigenvalue weighted by Crippen LogP contribution is 2.31. The molecule has 5 nitrogen and oxygen atoms in total. The van der Waals surface area contributed by atoms with Crippen molar-refractivity contribution in [2.45, 2.75) is 19.1 Å². The maximum absolute atomic E-state index is 12.8. The summed E-state index contributed by atoms with van der Waals surface area (Å²) in [4.78, 5) is 28.5. The minimum atomic E-state index is -4.45. The monoisotopic (exact) mass is 387 g/mol. The smallest absolute Gasteiger partial charge is 0.364 e. The number of halogens is 3. The van der Waals surface area contributed by atoms with Crippen LogP contribution in [0.25, 0.3) is 11.4 Å². The summed E-state index contributed by atoms with van der Waals surface area (Å²) in [6.45, 7) is 1.67. The van der Waals surface area contributed by atoms with Crippen LogP contribution in [0.2, 0.25) is 0 Å². The van der Waals surface area contributed by atoms with Gasteiger partial charge < -0.3 is 5.73 Å². The zero-order chi connectivity index (χ0) is 20.5. The van der Waals surface area contributed by atoms with Crippen molar-refractivity contribution < 1.29 is 18.0 Å². The third-order valence-corrected chi connectivity index (χ3v) is 4.34. The fourth-order valence-electron chi connectivity index (χ4n) is 2.88. The van der Waals surface area contributed by atoms with Gasteiger partial charge in [0.1, 0.15) is 11.5 Å². The van der Waals surface area contributed by atoms with E-state index in [4.69, 9.17) is 5.73 Å². The molecule has 1 amide bonds. The molecular weight excluding hydrogens is 371 g/mol. The molecule has 0 bridgehead atoms. The number of benzene rings is 2. The predicted molar refractivity (Wildman–Crippen MR) is 97.7 cm³/mol. The lowest BCUT2D eigenvalue weighted by Crippen LogP contribution is -2.29. The Morgan fingerprint density at radius 3 is 2.21 bits per heavy atom. The van der Waals surface area contributed by atoms with Crippen LogP contribution in [0.1, 0.15) is 34.6 Å². The van der Waals surface area contributed by atoms with Crippen molar-refractivity contribution in [1.29, 1.82) is 0 Å². The fraction of sp³-hybridized carbons (Fsp3) is 0.150. The van der Waals surface area contributed by atoms with E-state index in [1.54, 1.807) is 37.3 Å². The molecule has 0 saturated heterocycles. The second-order valence-corrected chi connectivity index (χ2v) is 6.20. The molecule has 2 aromatic carbocycles. The van der Waals surface area contributed by atoms with Crippen LogP contribution < -0.4 is 11.3 Å². The van der Waals surface area contributed by atoms with Crippen LogP contribution in [0.3, 0.4) is 0 Å². The van der Waals surface area contributed by atoms with E-state index in [0.717, 1.165) is 18.2 Å². The summed E-state index contributed by atoms with van der Waals surface area (Å²) in [6.07, 6.45) is -4.45. The molecule has 1 heterocycles. The van der Waals surface area contributed by atoms with E-state index in [1.807, 2.05) is 0 Å². The second kappa shape index (κ2) is 7.30. The van der Waals surface area contributed by atoms with Gasteiger partial charge in [0.25, 0.3) is 11.5 Å². The van der Waals surface area contributed by atoms with Crippen molar-refractivity contribution in [3.05, 3.63) is 87.8 Å². The minimum Gasteiger partial charge on any atom is -0.364 e. The molecule has 28 heavy (non-hydrogen) atoms. The number of hydrogen-bond acceptors (Lipinski definition) is 3. The van der Waals surface area contributed by atoms with Crippen LogP contribution >= 0.6 is 0 Å². The maximum atomic E-state index is 12.8. The van der Waals surface area contributed by atoms with Crippen LogP contribution in [0.15, 0.2) is 65.5 Å². The van der Waals surface area contributed by atoms with Crippen LogP contribution in [-0.4, -0.2) is 15.5 Å². The number of alkyl halides is 3. The number of rotatable bonds is 4. The summed E-state index contributed by atoms with van der Waals surface area (Å²) in [5.74, 6) is -0.641. The average molecular weight is 387 g/mol. The minimum absolute atomic E-state index is 0.181. The SMILES string of the molecule is C[C@H](c1ccc(C(F)(F)F)cc1)n1c(-c2ccccc2)nc(C(N)=O)cc1=O. The molecule has 0 spiro atoms. The van der Waals surface area contributed by atoms with Gasteiger partial charge >= 0.3 is 6.18 Å². The van der Waals surface area contributed by atoms with Gasteiger partial charge in [-0.15, -0.1) is 0 Å². The summed E-state index contributed by atoms with van der Waals surface area (Å²) in [6, 6.07) is 13.6. The first-order valence-electron chi connectivity index (χ1n) is 8.34. The summed E-state index contributed by atoms with van der Waals surface area (Å²) >= 11 is 0. The molecule has 3 aromatic rings.